The van der Waals surface area contributed by atoms with E-state index in [2.05, 4.69) is 16.5 Å². The normalized spacial score (nSPS) is 17.2. The van der Waals surface area contributed by atoms with Crippen LogP contribution in [-0.2, 0) is 16.2 Å². The van der Waals surface area contributed by atoms with Crippen LogP contribution in [0.5, 0.6) is 0 Å². The first-order chi connectivity index (χ1) is 18.3. The van der Waals surface area contributed by atoms with Crippen molar-refractivity contribution in [2.75, 3.05) is 25.9 Å². The Balaban J connectivity index is 1.84. The molecule has 4 nitrogen and oxygen atoms in total. The van der Waals surface area contributed by atoms with Gasteiger partial charge in [0.25, 0.3) is 0 Å². The summed E-state index contributed by atoms with van der Waals surface area (Å²) < 4.78 is 79.7. The van der Waals surface area contributed by atoms with E-state index >= 15 is 0 Å². The Morgan fingerprint density at radius 3 is 2.10 bits per heavy atom. The van der Waals surface area contributed by atoms with Gasteiger partial charge in [-0.1, -0.05) is 56.3 Å². The van der Waals surface area contributed by atoms with Crippen LogP contribution in [0.1, 0.15) is 60.9 Å². The standard InChI is InChI=1S/C30H34F4N2O2S/c1-20-14-16-36(17-15-20)29(23-6-11-26(31)12-7-23)27-13-8-24(21(2)19-35-39(3,37)38)18-28(27)22-4-9-25(10-5-22)30(32,33)34/h4-13,18,20-21,29,35H,14-17,19H2,1-3H3. The monoisotopic (exact) mass is 562 g/mol. The number of sulfonamides is 1. The molecule has 1 aliphatic heterocycles. The van der Waals surface area contributed by atoms with Gasteiger partial charge in [0.1, 0.15) is 5.82 Å². The van der Waals surface area contributed by atoms with Gasteiger partial charge in [0.2, 0.25) is 10.0 Å². The summed E-state index contributed by atoms with van der Waals surface area (Å²) in [5, 5.41) is 0. The number of nitrogens with one attached hydrogen (secondary N) is 1. The van der Waals surface area contributed by atoms with Crippen molar-refractivity contribution in [1.82, 2.24) is 9.62 Å². The second kappa shape index (κ2) is 11.8. The molecule has 3 aromatic carbocycles. The highest BCUT2D eigenvalue weighted by atomic mass is 32.2. The van der Waals surface area contributed by atoms with Gasteiger partial charge in [-0.3, -0.25) is 4.90 Å². The summed E-state index contributed by atoms with van der Waals surface area (Å²) in [5.41, 5.74) is 3.33. The number of nitrogens with zero attached hydrogens (tertiary/aromatic N) is 1. The third kappa shape index (κ3) is 7.47. The van der Waals surface area contributed by atoms with Crippen molar-refractivity contribution >= 4 is 10.0 Å². The highest BCUT2D eigenvalue weighted by molar-refractivity contribution is 7.88. The van der Waals surface area contributed by atoms with Crippen LogP contribution in [0, 0.1) is 11.7 Å². The van der Waals surface area contributed by atoms with Crippen molar-refractivity contribution in [2.24, 2.45) is 5.92 Å². The van der Waals surface area contributed by atoms with Crippen LogP contribution in [0.25, 0.3) is 11.1 Å². The van der Waals surface area contributed by atoms with E-state index in [9.17, 15) is 26.0 Å². The number of hydrogen-bond acceptors (Lipinski definition) is 3. The van der Waals surface area contributed by atoms with Crippen molar-refractivity contribution in [2.45, 2.75) is 44.8 Å². The molecule has 1 N–H and O–H groups in total. The van der Waals surface area contributed by atoms with Crippen LogP contribution < -0.4 is 4.72 Å². The van der Waals surface area contributed by atoms with Gasteiger partial charge in [0.15, 0.2) is 0 Å². The number of halogens is 4. The molecule has 2 unspecified atom stereocenters. The number of hydrogen-bond donors (Lipinski definition) is 1. The highest BCUT2D eigenvalue weighted by Gasteiger charge is 2.31. The Morgan fingerprint density at radius 2 is 1.54 bits per heavy atom. The first-order valence-corrected chi connectivity index (χ1v) is 15.0. The molecule has 1 saturated heterocycles. The Hall–Kier alpha value is -2.75. The second-order valence-corrected chi connectivity index (χ2v) is 12.4. The third-order valence-electron chi connectivity index (χ3n) is 7.49. The summed E-state index contributed by atoms with van der Waals surface area (Å²) >= 11 is 0. The van der Waals surface area contributed by atoms with Gasteiger partial charge < -0.3 is 0 Å². The number of likely N-dealkylation sites (tertiary alicyclic amines) is 1. The number of piperidine rings is 1. The maximum Gasteiger partial charge on any atom is 0.416 e. The fourth-order valence-corrected chi connectivity index (χ4v) is 5.67. The molecule has 0 spiro atoms. The highest BCUT2D eigenvalue weighted by Crippen LogP contribution is 2.40. The zero-order chi connectivity index (χ0) is 28.4. The molecule has 4 rings (SSSR count). The molecule has 0 radical (unpaired) electrons. The Labute approximate surface area is 228 Å². The minimum Gasteiger partial charge on any atom is -0.292 e. The molecule has 1 aliphatic rings. The molecule has 2 atom stereocenters. The minimum absolute atomic E-state index is 0.179. The lowest BCUT2D eigenvalue weighted by Gasteiger charge is -2.38. The Morgan fingerprint density at radius 1 is 0.949 bits per heavy atom. The molecule has 3 aromatic rings. The lowest BCUT2D eigenvalue weighted by Crippen LogP contribution is -2.37. The quantitative estimate of drug-likeness (QED) is 0.301. The van der Waals surface area contributed by atoms with Gasteiger partial charge in [-0.05, 0) is 89.8 Å². The van der Waals surface area contributed by atoms with E-state index in [0.29, 0.717) is 11.5 Å². The smallest absolute Gasteiger partial charge is 0.292 e. The van der Waals surface area contributed by atoms with Crippen LogP contribution in [-0.4, -0.2) is 39.2 Å². The predicted molar refractivity (Wildman–Crippen MR) is 146 cm³/mol. The summed E-state index contributed by atoms with van der Waals surface area (Å²) in [4.78, 5) is 2.35. The van der Waals surface area contributed by atoms with Crippen LogP contribution >= 0.6 is 0 Å². The number of benzene rings is 3. The van der Waals surface area contributed by atoms with Gasteiger partial charge in [-0.2, -0.15) is 13.2 Å². The van der Waals surface area contributed by atoms with E-state index in [-0.39, 0.29) is 24.3 Å². The van der Waals surface area contributed by atoms with Crippen LogP contribution in [0.15, 0.2) is 66.7 Å². The minimum atomic E-state index is -4.45. The summed E-state index contributed by atoms with van der Waals surface area (Å²) in [6, 6.07) is 17.1. The van der Waals surface area contributed by atoms with E-state index in [0.717, 1.165) is 66.6 Å². The van der Waals surface area contributed by atoms with Crippen LogP contribution in [0.3, 0.4) is 0 Å². The zero-order valence-electron chi connectivity index (χ0n) is 22.3. The van der Waals surface area contributed by atoms with E-state index in [1.165, 1.54) is 24.3 Å². The number of alkyl halides is 3. The predicted octanol–water partition coefficient (Wildman–Crippen LogP) is 6.99. The van der Waals surface area contributed by atoms with Gasteiger partial charge in [0.05, 0.1) is 17.9 Å². The van der Waals surface area contributed by atoms with Gasteiger partial charge >= 0.3 is 6.18 Å². The first kappa shape index (κ1) is 29.2. The van der Waals surface area contributed by atoms with E-state index in [1.54, 1.807) is 12.1 Å². The topological polar surface area (TPSA) is 49.4 Å². The third-order valence-corrected chi connectivity index (χ3v) is 8.18. The SMILES string of the molecule is CC1CCN(C(c2ccc(F)cc2)c2ccc(C(C)CNS(C)(=O)=O)cc2-c2ccc(C(F)(F)F)cc2)CC1. The molecular formula is C30H34F4N2O2S. The molecular weight excluding hydrogens is 528 g/mol. The summed E-state index contributed by atoms with van der Waals surface area (Å²) in [7, 11) is -3.38. The fourth-order valence-electron chi connectivity index (χ4n) is 5.12. The average molecular weight is 563 g/mol. The van der Waals surface area contributed by atoms with Crippen molar-refractivity contribution in [3.05, 3.63) is 94.8 Å². The molecule has 39 heavy (non-hydrogen) atoms. The Kier molecular flexibility index (Phi) is 8.83. The molecule has 1 fully saturated rings. The maximum atomic E-state index is 13.9. The molecule has 9 heteroatoms. The Bertz CT molecular complexity index is 1370. The zero-order valence-corrected chi connectivity index (χ0v) is 23.1. The molecule has 0 bridgehead atoms. The molecule has 0 saturated carbocycles. The lowest BCUT2D eigenvalue weighted by atomic mass is 9.85. The van der Waals surface area contributed by atoms with Crippen LogP contribution in [0.2, 0.25) is 0 Å². The molecule has 0 aliphatic carbocycles. The van der Waals surface area contributed by atoms with Crippen molar-refractivity contribution in [3.63, 3.8) is 0 Å². The average Bonchev–Trinajstić information content (AvgIpc) is 2.89. The first-order valence-electron chi connectivity index (χ1n) is 13.1. The number of rotatable bonds is 8. The van der Waals surface area contributed by atoms with Gasteiger partial charge in [0, 0.05) is 6.54 Å². The van der Waals surface area contributed by atoms with Crippen molar-refractivity contribution in [3.8, 4) is 11.1 Å². The van der Waals surface area contributed by atoms with E-state index in [1.807, 2.05) is 25.1 Å². The molecule has 0 aromatic heterocycles. The second-order valence-electron chi connectivity index (χ2n) is 10.6. The maximum absolute atomic E-state index is 13.9. The molecule has 1 heterocycles. The summed E-state index contributed by atoms with van der Waals surface area (Å²) in [6.45, 7) is 5.99. The summed E-state index contributed by atoms with van der Waals surface area (Å²) in [6.07, 6.45) is -1.32. The van der Waals surface area contributed by atoms with Crippen LogP contribution in [0.4, 0.5) is 17.6 Å². The largest absolute Gasteiger partial charge is 0.416 e. The fraction of sp³-hybridized carbons (Fsp3) is 0.400. The van der Waals surface area contributed by atoms with E-state index in [4.69, 9.17) is 0 Å². The molecule has 210 valence electrons. The van der Waals surface area contributed by atoms with Crippen molar-refractivity contribution in [1.29, 1.82) is 0 Å². The van der Waals surface area contributed by atoms with E-state index < -0.39 is 21.8 Å². The summed E-state index contributed by atoms with van der Waals surface area (Å²) in [5.74, 6) is 0.0763. The molecule has 0 amide bonds. The van der Waals surface area contributed by atoms with Gasteiger partial charge in [-0.15, -0.1) is 0 Å². The van der Waals surface area contributed by atoms with Crippen molar-refractivity contribution < 1.29 is 26.0 Å². The van der Waals surface area contributed by atoms with Gasteiger partial charge in [-0.25, -0.2) is 17.5 Å². The lowest BCUT2D eigenvalue weighted by molar-refractivity contribution is -0.137.